The first-order valence-electron chi connectivity index (χ1n) is 9.55. The van der Waals surface area contributed by atoms with Crippen LogP contribution in [-0.4, -0.2) is 10.9 Å². The molecule has 0 atom stereocenters. The summed E-state index contributed by atoms with van der Waals surface area (Å²) in [5, 5.41) is 4.08. The van der Waals surface area contributed by atoms with Gasteiger partial charge in [-0.1, -0.05) is 49.6 Å². The molecule has 1 saturated carbocycles. The van der Waals surface area contributed by atoms with Crippen LogP contribution in [0.5, 0.6) is 0 Å². The number of anilines is 1. The molecule has 1 fully saturated rings. The number of fused-ring (bicyclic) bond motifs is 1. The fourth-order valence-corrected chi connectivity index (χ4v) is 4.15. The van der Waals surface area contributed by atoms with E-state index in [4.69, 9.17) is 0 Å². The normalized spacial score (nSPS) is 16.2. The summed E-state index contributed by atoms with van der Waals surface area (Å²) in [6.07, 6.45) is 7.14. The van der Waals surface area contributed by atoms with Gasteiger partial charge in [0.25, 0.3) is 0 Å². The van der Waals surface area contributed by atoms with E-state index < -0.39 is 5.41 Å². The van der Waals surface area contributed by atoms with Crippen LogP contribution in [0.15, 0.2) is 60.8 Å². The van der Waals surface area contributed by atoms with Crippen LogP contribution in [0.25, 0.3) is 10.9 Å². The summed E-state index contributed by atoms with van der Waals surface area (Å²) in [6.45, 7) is 0. The molecule has 0 spiro atoms. The van der Waals surface area contributed by atoms with Gasteiger partial charge in [0.15, 0.2) is 0 Å². The highest BCUT2D eigenvalue weighted by atomic mass is 19.1. The van der Waals surface area contributed by atoms with Crippen molar-refractivity contribution in [2.24, 2.45) is 5.41 Å². The number of nitrogens with zero attached hydrogens (tertiary/aromatic N) is 1. The molecular weight excluding hydrogens is 339 g/mol. The van der Waals surface area contributed by atoms with Gasteiger partial charge in [-0.2, -0.15) is 0 Å². The van der Waals surface area contributed by atoms with E-state index in [2.05, 4.69) is 10.3 Å². The van der Waals surface area contributed by atoms with E-state index >= 15 is 0 Å². The fourth-order valence-electron chi connectivity index (χ4n) is 4.15. The van der Waals surface area contributed by atoms with E-state index in [0.29, 0.717) is 12.1 Å². The third-order valence-corrected chi connectivity index (χ3v) is 5.57. The number of hydrogen-bond acceptors (Lipinski definition) is 2. The lowest BCUT2D eigenvalue weighted by Crippen LogP contribution is -2.40. The Morgan fingerprint density at radius 3 is 2.67 bits per heavy atom. The molecule has 1 aliphatic rings. The topological polar surface area (TPSA) is 42.0 Å². The van der Waals surface area contributed by atoms with Crippen molar-refractivity contribution in [1.29, 1.82) is 0 Å². The van der Waals surface area contributed by atoms with Gasteiger partial charge >= 0.3 is 0 Å². The fraction of sp³-hybridized carbons (Fsp3) is 0.304. The number of pyridine rings is 1. The predicted molar refractivity (Wildman–Crippen MR) is 106 cm³/mol. The Morgan fingerprint density at radius 2 is 1.85 bits per heavy atom. The van der Waals surface area contributed by atoms with E-state index in [1.54, 1.807) is 18.3 Å². The standard InChI is InChI=1S/C23H23FN2O/c24-19-9-6-7-17(13-19)15-23(11-4-1-5-12-23)22(27)26-20-14-18-8-2-3-10-21(18)25-16-20/h2-3,6-10,13-14,16H,1,4-5,11-12,15H2,(H,26,27). The molecule has 27 heavy (non-hydrogen) atoms. The molecule has 0 unspecified atom stereocenters. The van der Waals surface area contributed by atoms with Gasteiger partial charge in [-0.3, -0.25) is 9.78 Å². The molecule has 0 saturated heterocycles. The van der Waals surface area contributed by atoms with Crippen molar-refractivity contribution in [2.75, 3.05) is 5.32 Å². The molecule has 1 aliphatic carbocycles. The van der Waals surface area contributed by atoms with E-state index in [0.717, 1.165) is 48.6 Å². The number of carbonyl (C=O) groups excluding carboxylic acids is 1. The van der Waals surface area contributed by atoms with Crippen molar-refractivity contribution >= 4 is 22.5 Å². The molecule has 4 heteroatoms. The molecule has 1 N–H and O–H groups in total. The number of amides is 1. The van der Waals surface area contributed by atoms with Crippen molar-refractivity contribution in [3.8, 4) is 0 Å². The second-order valence-corrected chi connectivity index (χ2v) is 7.52. The zero-order valence-corrected chi connectivity index (χ0v) is 15.2. The third kappa shape index (κ3) is 3.85. The third-order valence-electron chi connectivity index (χ3n) is 5.57. The molecule has 2 aromatic carbocycles. The SMILES string of the molecule is O=C(Nc1cnc2ccccc2c1)C1(Cc2cccc(F)c2)CCCCC1. The smallest absolute Gasteiger partial charge is 0.230 e. The highest BCUT2D eigenvalue weighted by molar-refractivity contribution is 5.97. The maximum atomic E-state index is 13.6. The Morgan fingerprint density at radius 1 is 1.04 bits per heavy atom. The van der Waals surface area contributed by atoms with Gasteiger partial charge in [0.05, 0.1) is 22.8 Å². The van der Waals surface area contributed by atoms with Crippen LogP contribution in [0.3, 0.4) is 0 Å². The second kappa shape index (κ2) is 7.47. The molecule has 0 radical (unpaired) electrons. The number of para-hydroxylation sites is 1. The van der Waals surface area contributed by atoms with Gasteiger partial charge in [0, 0.05) is 5.39 Å². The second-order valence-electron chi connectivity index (χ2n) is 7.52. The lowest BCUT2D eigenvalue weighted by molar-refractivity contribution is -0.127. The molecule has 3 nitrogen and oxygen atoms in total. The molecule has 0 bridgehead atoms. The minimum atomic E-state index is -0.488. The van der Waals surface area contributed by atoms with Crippen molar-refractivity contribution < 1.29 is 9.18 Å². The maximum absolute atomic E-state index is 13.6. The molecule has 1 heterocycles. The Kier molecular flexibility index (Phi) is 4.88. The van der Waals surface area contributed by atoms with Crippen LogP contribution in [0.2, 0.25) is 0 Å². The monoisotopic (exact) mass is 362 g/mol. The Hall–Kier alpha value is -2.75. The number of aromatic nitrogens is 1. The average Bonchev–Trinajstić information content (AvgIpc) is 2.68. The van der Waals surface area contributed by atoms with E-state index in [1.165, 1.54) is 6.07 Å². The summed E-state index contributed by atoms with van der Waals surface area (Å²) in [5.74, 6) is -0.235. The summed E-state index contributed by atoms with van der Waals surface area (Å²) in [4.78, 5) is 17.7. The Labute approximate surface area is 158 Å². The van der Waals surface area contributed by atoms with Gasteiger partial charge in [-0.05, 0) is 49.1 Å². The Bertz CT molecular complexity index is 963. The van der Waals surface area contributed by atoms with Gasteiger partial charge < -0.3 is 5.32 Å². The summed E-state index contributed by atoms with van der Waals surface area (Å²) in [6, 6.07) is 16.4. The number of carbonyl (C=O) groups is 1. The maximum Gasteiger partial charge on any atom is 0.230 e. The zero-order chi connectivity index (χ0) is 18.7. The molecule has 138 valence electrons. The van der Waals surface area contributed by atoms with Gasteiger partial charge in [-0.25, -0.2) is 4.39 Å². The molecule has 1 amide bonds. The molecule has 4 rings (SSSR count). The molecule has 3 aromatic rings. The highest BCUT2D eigenvalue weighted by Gasteiger charge is 2.39. The van der Waals surface area contributed by atoms with Crippen LogP contribution < -0.4 is 5.32 Å². The van der Waals surface area contributed by atoms with Gasteiger partial charge in [-0.15, -0.1) is 0 Å². The average molecular weight is 362 g/mol. The summed E-state index contributed by atoms with van der Waals surface area (Å²) in [5.41, 5.74) is 2.01. The van der Waals surface area contributed by atoms with Crippen molar-refractivity contribution in [3.05, 3.63) is 72.2 Å². The number of nitrogens with one attached hydrogen (secondary N) is 1. The van der Waals surface area contributed by atoms with E-state index in [1.807, 2.05) is 36.4 Å². The van der Waals surface area contributed by atoms with Gasteiger partial charge in [0.2, 0.25) is 5.91 Å². The summed E-state index contributed by atoms with van der Waals surface area (Å²) < 4.78 is 13.6. The summed E-state index contributed by atoms with van der Waals surface area (Å²) in [7, 11) is 0. The zero-order valence-electron chi connectivity index (χ0n) is 15.2. The first kappa shape index (κ1) is 17.7. The number of hydrogen-bond donors (Lipinski definition) is 1. The minimum absolute atomic E-state index is 0.0172. The number of rotatable bonds is 4. The van der Waals surface area contributed by atoms with Crippen molar-refractivity contribution in [3.63, 3.8) is 0 Å². The van der Waals surface area contributed by atoms with Gasteiger partial charge in [0.1, 0.15) is 5.82 Å². The molecule has 1 aromatic heterocycles. The molecule has 0 aliphatic heterocycles. The number of benzene rings is 2. The first-order valence-corrected chi connectivity index (χ1v) is 9.55. The van der Waals surface area contributed by atoms with Crippen LogP contribution >= 0.6 is 0 Å². The largest absolute Gasteiger partial charge is 0.324 e. The van der Waals surface area contributed by atoms with Crippen molar-refractivity contribution in [2.45, 2.75) is 38.5 Å². The first-order chi connectivity index (χ1) is 13.1. The summed E-state index contributed by atoms with van der Waals surface area (Å²) >= 11 is 0. The van der Waals surface area contributed by atoms with E-state index in [-0.39, 0.29) is 11.7 Å². The van der Waals surface area contributed by atoms with Crippen LogP contribution in [-0.2, 0) is 11.2 Å². The minimum Gasteiger partial charge on any atom is -0.324 e. The highest BCUT2D eigenvalue weighted by Crippen LogP contribution is 2.40. The van der Waals surface area contributed by atoms with Crippen LogP contribution in [0, 0.1) is 11.2 Å². The predicted octanol–water partition coefficient (Wildman–Crippen LogP) is 5.51. The lowest BCUT2D eigenvalue weighted by atomic mass is 9.69. The number of halogens is 1. The van der Waals surface area contributed by atoms with Crippen molar-refractivity contribution in [1.82, 2.24) is 4.98 Å². The Balaban J connectivity index is 1.60. The quantitative estimate of drug-likeness (QED) is 0.665. The molecular formula is C23H23FN2O. The van der Waals surface area contributed by atoms with Crippen LogP contribution in [0.4, 0.5) is 10.1 Å². The lowest BCUT2D eigenvalue weighted by Gasteiger charge is -2.36. The van der Waals surface area contributed by atoms with Crippen LogP contribution in [0.1, 0.15) is 37.7 Å². The van der Waals surface area contributed by atoms with E-state index in [9.17, 15) is 9.18 Å².